The maximum Gasteiger partial charge on any atom is 0.229 e. The minimum absolute atomic E-state index is 0.0169. The fourth-order valence-corrected chi connectivity index (χ4v) is 5.25. The summed E-state index contributed by atoms with van der Waals surface area (Å²) in [6.07, 6.45) is 3.86. The van der Waals surface area contributed by atoms with Gasteiger partial charge in [0.05, 0.1) is 22.8 Å². The van der Waals surface area contributed by atoms with E-state index in [2.05, 4.69) is 30.7 Å². The van der Waals surface area contributed by atoms with Crippen LogP contribution >= 0.6 is 0 Å². The molecule has 0 spiro atoms. The molecule has 1 heterocycles. The average molecular weight is 446 g/mol. The van der Waals surface area contributed by atoms with Gasteiger partial charge in [-0.05, 0) is 42.7 Å². The first-order valence-corrected chi connectivity index (χ1v) is 11.3. The molecular weight excluding hydrogens is 412 g/mol. The van der Waals surface area contributed by atoms with Crippen molar-refractivity contribution in [1.29, 1.82) is 0 Å². The molecule has 0 aromatic heterocycles. The van der Waals surface area contributed by atoms with E-state index in [1.165, 1.54) is 24.4 Å². The molecule has 1 N–H and O–H groups in total. The number of likely N-dealkylation sites (tertiary alicyclic amines) is 1. The zero-order valence-corrected chi connectivity index (χ0v) is 19.3. The van der Waals surface area contributed by atoms with Gasteiger partial charge in [-0.3, -0.25) is 4.79 Å². The number of rotatable bonds is 6. The van der Waals surface area contributed by atoms with Crippen LogP contribution in [0.1, 0.15) is 46.1 Å². The second-order valence-corrected chi connectivity index (χ2v) is 9.69. The van der Waals surface area contributed by atoms with E-state index in [1.54, 1.807) is 11.0 Å². The van der Waals surface area contributed by atoms with E-state index in [0.29, 0.717) is 19.5 Å². The van der Waals surface area contributed by atoms with Gasteiger partial charge < -0.3 is 10.0 Å². The molecule has 2 fully saturated rings. The van der Waals surface area contributed by atoms with Crippen molar-refractivity contribution in [1.82, 2.24) is 4.90 Å². The van der Waals surface area contributed by atoms with Crippen LogP contribution in [0.25, 0.3) is 5.70 Å². The average Bonchev–Trinajstić information content (AvgIpc) is 3.25. The number of nitrogens with zero attached hydrogens (tertiary/aromatic N) is 3. The number of carbonyl (C=O) groups is 1. The lowest BCUT2D eigenvalue weighted by molar-refractivity contribution is -0.142. The summed E-state index contributed by atoms with van der Waals surface area (Å²) in [5.74, 6) is -1.37. The number of amides is 1. The molecule has 1 saturated carbocycles. The van der Waals surface area contributed by atoms with E-state index in [4.69, 9.17) is 0 Å². The van der Waals surface area contributed by atoms with E-state index in [1.807, 2.05) is 13.8 Å². The van der Waals surface area contributed by atoms with Crippen molar-refractivity contribution < 1.29 is 18.7 Å². The Morgan fingerprint density at radius 1 is 1.31 bits per heavy atom. The van der Waals surface area contributed by atoms with Crippen LogP contribution in [0.15, 0.2) is 47.3 Å². The molecule has 1 unspecified atom stereocenters. The van der Waals surface area contributed by atoms with Crippen molar-refractivity contribution in [3.8, 4) is 0 Å². The number of hydrogen-bond donors (Lipinski definition) is 1. The molecule has 2 aliphatic rings. The molecule has 5 nitrogen and oxygen atoms in total. The number of halogens is 2. The Morgan fingerprint density at radius 3 is 2.50 bits per heavy atom. The predicted molar refractivity (Wildman–Crippen MR) is 120 cm³/mol. The molecule has 3 rings (SSSR count). The predicted octanol–water partition coefficient (Wildman–Crippen LogP) is 5.43. The van der Waals surface area contributed by atoms with Gasteiger partial charge in [-0.25, -0.2) is 8.78 Å². The van der Waals surface area contributed by atoms with Gasteiger partial charge >= 0.3 is 0 Å². The van der Waals surface area contributed by atoms with Crippen LogP contribution < -0.4 is 0 Å². The van der Waals surface area contributed by atoms with Crippen molar-refractivity contribution in [3.05, 3.63) is 54.3 Å². The van der Waals surface area contributed by atoms with Gasteiger partial charge in [-0.2, -0.15) is 10.2 Å². The Balaban J connectivity index is 2.09. The highest BCUT2D eigenvalue weighted by Gasteiger charge is 2.52. The lowest BCUT2D eigenvalue weighted by atomic mass is 9.72. The minimum atomic E-state index is -0.768. The molecule has 1 amide bonds. The van der Waals surface area contributed by atoms with Crippen molar-refractivity contribution in [2.75, 3.05) is 13.1 Å². The second-order valence-electron chi connectivity index (χ2n) is 9.69. The molecule has 32 heavy (non-hydrogen) atoms. The largest absolute Gasteiger partial charge is 0.391 e. The summed E-state index contributed by atoms with van der Waals surface area (Å²) in [6.45, 7) is 12.4. The standard InChI is InChI=1S/C25H33F2N3O2/c1-6-28-29-21(23-19(26)8-7-9-20(23)27)12-18-17(15(2)3)10-11-25(18,5)24(32)30-13-16(4)22(31)14-30/h6-9,12,15-18,22,31H,1,10-11,13-14H2,2-5H3/b21-12-,29-28?/t16-,17-,18?,22-,25-/m0/s1. The van der Waals surface area contributed by atoms with Crippen LogP contribution in [0, 0.1) is 40.7 Å². The van der Waals surface area contributed by atoms with Crippen LogP contribution in [0.3, 0.4) is 0 Å². The van der Waals surface area contributed by atoms with E-state index in [9.17, 15) is 18.7 Å². The molecule has 0 bridgehead atoms. The third-order valence-corrected chi connectivity index (χ3v) is 7.20. The first-order chi connectivity index (χ1) is 15.1. The normalized spacial score (nSPS) is 31.1. The van der Waals surface area contributed by atoms with Gasteiger partial charge in [-0.15, -0.1) is 0 Å². The van der Waals surface area contributed by atoms with E-state index in [0.717, 1.165) is 6.42 Å². The lowest BCUT2D eigenvalue weighted by Crippen LogP contribution is -2.44. The van der Waals surface area contributed by atoms with Crippen molar-refractivity contribution in [2.45, 2.75) is 46.6 Å². The lowest BCUT2D eigenvalue weighted by Gasteiger charge is -2.36. The molecule has 1 saturated heterocycles. The van der Waals surface area contributed by atoms with E-state index < -0.39 is 23.2 Å². The second kappa shape index (κ2) is 9.61. The first kappa shape index (κ1) is 24.2. The van der Waals surface area contributed by atoms with E-state index in [-0.39, 0.29) is 40.8 Å². The number of allylic oxidation sites excluding steroid dienone is 1. The highest BCUT2D eigenvalue weighted by Crippen LogP contribution is 2.52. The zero-order chi connectivity index (χ0) is 23.6. The molecule has 174 valence electrons. The topological polar surface area (TPSA) is 65.3 Å². The maximum atomic E-state index is 14.6. The smallest absolute Gasteiger partial charge is 0.229 e. The number of β-amino-alcohol motifs (C(OH)–C–C–N with tert-alkyl or cyclic N) is 1. The molecule has 1 aromatic rings. The fourth-order valence-electron chi connectivity index (χ4n) is 5.25. The molecule has 7 heteroatoms. The Kier molecular flexibility index (Phi) is 7.28. The molecular formula is C25H33F2N3O2. The van der Waals surface area contributed by atoms with Gasteiger partial charge in [0, 0.05) is 25.2 Å². The van der Waals surface area contributed by atoms with Crippen molar-refractivity contribution in [2.24, 2.45) is 39.3 Å². The summed E-state index contributed by atoms with van der Waals surface area (Å²) in [6, 6.07) is 3.67. The van der Waals surface area contributed by atoms with Crippen LogP contribution in [0.4, 0.5) is 8.78 Å². The molecule has 5 atom stereocenters. The van der Waals surface area contributed by atoms with Gasteiger partial charge in [0.15, 0.2) is 0 Å². The van der Waals surface area contributed by atoms with Gasteiger partial charge in [0.1, 0.15) is 11.6 Å². The summed E-state index contributed by atoms with van der Waals surface area (Å²) < 4.78 is 29.3. The summed E-state index contributed by atoms with van der Waals surface area (Å²) >= 11 is 0. The van der Waals surface area contributed by atoms with Gasteiger partial charge in [0.2, 0.25) is 5.91 Å². The van der Waals surface area contributed by atoms with Crippen LogP contribution in [-0.2, 0) is 4.79 Å². The van der Waals surface area contributed by atoms with E-state index >= 15 is 0 Å². The van der Waals surface area contributed by atoms with Crippen LogP contribution in [0.5, 0.6) is 0 Å². The number of carbonyl (C=O) groups excluding carboxylic acids is 1. The number of aliphatic hydroxyl groups is 1. The quantitative estimate of drug-likeness (QED) is 0.594. The monoisotopic (exact) mass is 445 g/mol. The summed E-state index contributed by atoms with van der Waals surface area (Å²) in [7, 11) is 0. The fraction of sp³-hybridized carbons (Fsp3) is 0.560. The van der Waals surface area contributed by atoms with Crippen LogP contribution in [-0.4, -0.2) is 35.1 Å². The highest BCUT2D eigenvalue weighted by molar-refractivity contribution is 5.84. The molecule has 0 radical (unpaired) electrons. The number of benzene rings is 1. The molecule has 1 aliphatic heterocycles. The summed E-state index contributed by atoms with van der Waals surface area (Å²) in [4.78, 5) is 15.4. The van der Waals surface area contributed by atoms with Crippen LogP contribution in [0.2, 0.25) is 0 Å². The number of aliphatic hydroxyl groups excluding tert-OH is 1. The minimum Gasteiger partial charge on any atom is -0.391 e. The zero-order valence-electron chi connectivity index (χ0n) is 19.3. The summed E-state index contributed by atoms with van der Waals surface area (Å²) in [5.41, 5.74) is -0.963. The first-order valence-electron chi connectivity index (χ1n) is 11.3. The Hall–Kier alpha value is -2.41. The van der Waals surface area contributed by atoms with Gasteiger partial charge in [0.25, 0.3) is 0 Å². The third kappa shape index (κ3) is 4.53. The number of hydrogen-bond acceptors (Lipinski definition) is 4. The maximum absolute atomic E-state index is 14.6. The Bertz CT molecular complexity index is 900. The summed E-state index contributed by atoms with van der Waals surface area (Å²) in [5, 5.41) is 18.0. The SMILES string of the molecule is C=CN=N/C(=C\C1[C@H](C(C)C)CC[C@]1(C)C(=O)N1C[C@H](C)[C@@H](O)C1)c1c(F)cccc1F. The Morgan fingerprint density at radius 2 is 1.97 bits per heavy atom. The van der Waals surface area contributed by atoms with Crippen molar-refractivity contribution in [3.63, 3.8) is 0 Å². The van der Waals surface area contributed by atoms with Crippen molar-refractivity contribution >= 4 is 11.6 Å². The molecule has 1 aliphatic carbocycles. The highest BCUT2D eigenvalue weighted by atomic mass is 19.1. The third-order valence-electron chi connectivity index (χ3n) is 7.20. The molecule has 1 aromatic carbocycles. The Labute approximate surface area is 188 Å². The van der Waals surface area contributed by atoms with Gasteiger partial charge in [-0.1, -0.05) is 46.4 Å². The number of azo groups is 1.